The molecule has 7 nitrogen and oxygen atoms in total. The van der Waals surface area contributed by atoms with Crippen LogP contribution in [0.15, 0.2) is 12.4 Å². The lowest BCUT2D eigenvalue weighted by Gasteiger charge is -2.31. The fourth-order valence-corrected chi connectivity index (χ4v) is 3.30. The van der Waals surface area contributed by atoms with E-state index in [1.807, 2.05) is 33.3 Å². The van der Waals surface area contributed by atoms with E-state index in [0.29, 0.717) is 12.5 Å². The summed E-state index contributed by atoms with van der Waals surface area (Å²) in [6.45, 7) is 6.04. The van der Waals surface area contributed by atoms with Crippen molar-refractivity contribution in [2.24, 2.45) is 7.05 Å². The largest absolute Gasteiger partial charge is 0.338 e. The molecular weight excluding hydrogens is 292 g/mol. The summed E-state index contributed by atoms with van der Waals surface area (Å²) in [5.41, 5.74) is 2.51. The van der Waals surface area contributed by atoms with E-state index in [1.165, 1.54) is 0 Å². The van der Waals surface area contributed by atoms with E-state index in [0.717, 1.165) is 48.8 Å². The van der Waals surface area contributed by atoms with Crippen LogP contribution in [0.25, 0.3) is 0 Å². The molecule has 0 spiro atoms. The van der Waals surface area contributed by atoms with Crippen LogP contribution in [0.4, 0.5) is 5.69 Å². The number of aromatic nitrogens is 4. The van der Waals surface area contributed by atoms with E-state index in [9.17, 15) is 4.79 Å². The number of imidazole rings is 1. The molecule has 0 aliphatic carbocycles. The predicted octanol–water partition coefficient (Wildman–Crippen LogP) is 1.58. The molecule has 2 aromatic rings. The average molecular weight is 316 g/mol. The summed E-state index contributed by atoms with van der Waals surface area (Å²) in [5, 5.41) is 9.97. The Kier molecular flexibility index (Phi) is 4.47. The number of hydrogen-bond acceptors (Lipinski definition) is 4. The summed E-state index contributed by atoms with van der Waals surface area (Å²) in [7, 11) is 2.03. The van der Waals surface area contributed by atoms with Crippen LogP contribution in [0.5, 0.6) is 0 Å². The molecule has 124 valence electrons. The van der Waals surface area contributed by atoms with Crippen LogP contribution in [-0.2, 0) is 11.8 Å². The highest BCUT2D eigenvalue weighted by atomic mass is 16.2. The molecule has 1 unspecified atom stereocenters. The minimum absolute atomic E-state index is 0.0121. The number of nitrogens with one attached hydrogen (secondary N) is 2. The van der Waals surface area contributed by atoms with Gasteiger partial charge in [-0.3, -0.25) is 14.8 Å². The van der Waals surface area contributed by atoms with Gasteiger partial charge in [-0.1, -0.05) is 0 Å². The van der Waals surface area contributed by atoms with Gasteiger partial charge in [0.05, 0.1) is 23.6 Å². The van der Waals surface area contributed by atoms with Gasteiger partial charge < -0.3 is 9.88 Å². The number of piperidine rings is 1. The Morgan fingerprint density at radius 3 is 2.96 bits per heavy atom. The van der Waals surface area contributed by atoms with Crippen LogP contribution >= 0.6 is 0 Å². The van der Waals surface area contributed by atoms with Crippen molar-refractivity contribution in [3.8, 4) is 0 Å². The second-order valence-corrected chi connectivity index (χ2v) is 6.33. The molecule has 1 saturated heterocycles. The summed E-state index contributed by atoms with van der Waals surface area (Å²) in [6, 6.07) is 0. The molecule has 0 bridgehead atoms. The van der Waals surface area contributed by atoms with Gasteiger partial charge in [0.2, 0.25) is 5.91 Å². The molecule has 2 N–H and O–H groups in total. The smallest absolute Gasteiger partial charge is 0.238 e. The highest BCUT2D eigenvalue weighted by Crippen LogP contribution is 2.25. The lowest BCUT2D eigenvalue weighted by Crippen LogP contribution is -2.40. The van der Waals surface area contributed by atoms with Crippen molar-refractivity contribution in [1.82, 2.24) is 24.6 Å². The second-order valence-electron chi connectivity index (χ2n) is 6.33. The molecule has 7 heteroatoms. The van der Waals surface area contributed by atoms with Gasteiger partial charge >= 0.3 is 0 Å². The Morgan fingerprint density at radius 1 is 1.48 bits per heavy atom. The fraction of sp³-hybridized carbons (Fsp3) is 0.562. The summed E-state index contributed by atoms with van der Waals surface area (Å²) in [5.74, 6) is 1.52. The van der Waals surface area contributed by atoms with Crippen molar-refractivity contribution in [3.63, 3.8) is 0 Å². The van der Waals surface area contributed by atoms with E-state index >= 15 is 0 Å². The Morgan fingerprint density at radius 2 is 2.30 bits per heavy atom. The van der Waals surface area contributed by atoms with Crippen LogP contribution in [0.3, 0.4) is 0 Å². The highest BCUT2D eigenvalue weighted by molar-refractivity contribution is 5.93. The van der Waals surface area contributed by atoms with Gasteiger partial charge in [-0.2, -0.15) is 5.10 Å². The van der Waals surface area contributed by atoms with Crippen LogP contribution in [0.1, 0.15) is 36.0 Å². The monoisotopic (exact) mass is 316 g/mol. The third-order valence-corrected chi connectivity index (χ3v) is 4.49. The average Bonchev–Trinajstić information content (AvgIpc) is 3.08. The van der Waals surface area contributed by atoms with E-state index in [4.69, 9.17) is 0 Å². The van der Waals surface area contributed by atoms with Crippen molar-refractivity contribution in [2.45, 2.75) is 32.6 Å². The van der Waals surface area contributed by atoms with E-state index in [2.05, 4.69) is 30.0 Å². The number of carbonyl (C=O) groups excluding carboxylic acids is 1. The number of aryl methyl sites for hydroxylation is 3. The molecule has 3 heterocycles. The molecule has 3 rings (SSSR count). The van der Waals surface area contributed by atoms with Crippen molar-refractivity contribution >= 4 is 11.6 Å². The maximum absolute atomic E-state index is 12.3. The van der Waals surface area contributed by atoms with Crippen LogP contribution in [0, 0.1) is 13.8 Å². The number of anilines is 1. The zero-order valence-corrected chi connectivity index (χ0v) is 14.0. The number of hydrogen-bond donors (Lipinski definition) is 2. The molecule has 0 aromatic carbocycles. The van der Waals surface area contributed by atoms with E-state index < -0.39 is 0 Å². The van der Waals surface area contributed by atoms with Crippen molar-refractivity contribution in [2.75, 3.05) is 25.0 Å². The lowest BCUT2D eigenvalue weighted by molar-refractivity contribution is -0.117. The molecule has 1 amide bonds. The number of amides is 1. The van der Waals surface area contributed by atoms with Crippen LogP contribution in [0.2, 0.25) is 0 Å². The van der Waals surface area contributed by atoms with Gasteiger partial charge in [0, 0.05) is 31.9 Å². The van der Waals surface area contributed by atoms with Gasteiger partial charge in [0.15, 0.2) is 0 Å². The third kappa shape index (κ3) is 3.44. The first kappa shape index (κ1) is 15.7. The predicted molar refractivity (Wildman–Crippen MR) is 88.3 cm³/mol. The molecular formula is C16H24N6O. The van der Waals surface area contributed by atoms with E-state index in [1.54, 1.807) is 0 Å². The molecule has 1 aliphatic rings. The van der Waals surface area contributed by atoms with Crippen molar-refractivity contribution in [1.29, 1.82) is 0 Å². The zero-order valence-electron chi connectivity index (χ0n) is 14.0. The van der Waals surface area contributed by atoms with Crippen LogP contribution < -0.4 is 5.32 Å². The Hall–Kier alpha value is -2.15. The lowest BCUT2D eigenvalue weighted by atomic mass is 9.97. The summed E-state index contributed by atoms with van der Waals surface area (Å²) >= 11 is 0. The molecule has 2 aromatic heterocycles. The minimum atomic E-state index is 0.0121. The first-order chi connectivity index (χ1) is 11.0. The molecule has 1 atom stereocenters. The summed E-state index contributed by atoms with van der Waals surface area (Å²) in [4.78, 5) is 19.0. The fourth-order valence-electron chi connectivity index (χ4n) is 3.30. The number of rotatable bonds is 4. The number of carbonyl (C=O) groups is 1. The van der Waals surface area contributed by atoms with Gasteiger partial charge in [0.1, 0.15) is 5.82 Å². The van der Waals surface area contributed by atoms with Gasteiger partial charge in [-0.15, -0.1) is 0 Å². The zero-order chi connectivity index (χ0) is 16.4. The first-order valence-electron chi connectivity index (χ1n) is 8.05. The maximum Gasteiger partial charge on any atom is 0.238 e. The minimum Gasteiger partial charge on any atom is -0.338 e. The van der Waals surface area contributed by atoms with Crippen molar-refractivity contribution < 1.29 is 4.79 Å². The Bertz CT molecular complexity index is 669. The number of nitrogens with zero attached hydrogens (tertiary/aromatic N) is 4. The molecule has 0 radical (unpaired) electrons. The summed E-state index contributed by atoms with van der Waals surface area (Å²) in [6.07, 6.45) is 6.04. The van der Waals surface area contributed by atoms with Gasteiger partial charge in [-0.05, 0) is 33.2 Å². The highest BCUT2D eigenvalue weighted by Gasteiger charge is 2.25. The summed E-state index contributed by atoms with van der Waals surface area (Å²) < 4.78 is 2.08. The Labute approximate surface area is 136 Å². The quantitative estimate of drug-likeness (QED) is 0.897. The molecule has 23 heavy (non-hydrogen) atoms. The second kappa shape index (κ2) is 6.54. The first-order valence-corrected chi connectivity index (χ1v) is 8.05. The molecule has 1 fully saturated rings. The number of H-pyrrole nitrogens is 1. The standard InChI is InChI=1S/C16H24N6O/c1-11-15(12(2)20-19-11)18-14(23)10-22-7-4-5-13(9-22)16-17-6-8-21(16)3/h6,8,13H,4-5,7,9-10H2,1-3H3,(H,18,23)(H,19,20). The number of likely N-dealkylation sites (tertiary alicyclic amines) is 1. The van der Waals surface area contributed by atoms with Gasteiger partial charge in [0.25, 0.3) is 0 Å². The van der Waals surface area contributed by atoms with Crippen molar-refractivity contribution in [3.05, 3.63) is 29.6 Å². The molecule has 1 aliphatic heterocycles. The van der Waals surface area contributed by atoms with Gasteiger partial charge in [-0.25, -0.2) is 4.98 Å². The van der Waals surface area contributed by atoms with E-state index in [-0.39, 0.29) is 5.91 Å². The maximum atomic E-state index is 12.3. The SMILES string of the molecule is Cc1n[nH]c(C)c1NC(=O)CN1CCCC(c2nccn2C)C1. The Balaban J connectivity index is 1.59. The molecule has 0 saturated carbocycles. The normalized spacial score (nSPS) is 19.0. The third-order valence-electron chi connectivity index (χ3n) is 4.49. The number of aromatic amines is 1. The van der Waals surface area contributed by atoms with Crippen LogP contribution in [-0.4, -0.2) is 50.2 Å². The topological polar surface area (TPSA) is 78.8 Å².